The van der Waals surface area contributed by atoms with Gasteiger partial charge >= 0.3 is 0 Å². The molecule has 1 aliphatic rings. The number of anilines is 1. The molecule has 0 unspecified atom stereocenters. The number of halogens is 1. The van der Waals surface area contributed by atoms with Gasteiger partial charge in [0.25, 0.3) is 5.91 Å². The molecule has 1 aromatic heterocycles. The van der Waals surface area contributed by atoms with E-state index in [-0.39, 0.29) is 30.1 Å². The lowest BCUT2D eigenvalue weighted by Gasteiger charge is -2.32. The van der Waals surface area contributed by atoms with Crippen molar-refractivity contribution < 1.29 is 14.0 Å². The van der Waals surface area contributed by atoms with Crippen molar-refractivity contribution in [1.29, 1.82) is 0 Å². The Morgan fingerprint density at radius 1 is 1.00 bits per heavy atom. The van der Waals surface area contributed by atoms with Gasteiger partial charge in [-0.2, -0.15) is 5.10 Å². The Morgan fingerprint density at radius 3 is 2.41 bits per heavy atom. The molecule has 2 heterocycles. The Bertz CT molecular complexity index is 1040. The number of aryl methyl sites for hydroxylation is 1. The summed E-state index contributed by atoms with van der Waals surface area (Å²) in [7, 11) is 0. The van der Waals surface area contributed by atoms with Gasteiger partial charge in [0.15, 0.2) is 0 Å². The Hall–Kier alpha value is -2.74. The van der Waals surface area contributed by atoms with Gasteiger partial charge in [-0.1, -0.05) is 34.6 Å². The first-order valence-corrected chi connectivity index (χ1v) is 13.8. The third-order valence-corrected chi connectivity index (χ3v) is 6.56. The third-order valence-electron chi connectivity index (χ3n) is 6.56. The summed E-state index contributed by atoms with van der Waals surface area (Å²) < 4.78 is 16.3. The predicted molar refractivity (Wildman–Crippen MR) is 146 cm³/mol. The number of hydrogen-bond acceptors (Lipinski definition) is 4. The molecule has 0 N–H and O–H groups in total. The number of benzene rings is 1. The Labute approximate surface area is 221 Å². The molecule has 3 rings (SSSR count). The first kappa shape index (κ1) is 28.8. The molecular weight excluding hydrogens is 469 g/mol. The second-order valence-corrected chi connectivity index (χ2v) is 11.0. The number of fused-ring (bicyclic) bond motifs is 1. The minimum absolute atomic E-state index is 0.0338. The molecule has 2 amide bonds. The summed E-state index contributed by atoms with van der Waals surface area (Å²) in [4.78, 5) is 33.0. The summed E-state index contributed by atoms with van der Waals surface area (Å²) >= 11 is 0. The maximum atomic E-state index is 14.5. The van der Waals surface area contributed by atoms with Crippen molar-refractivity contribution in [3.05, 3.63) is 47.5 Å². The van der Waals surface area contributed by atoms with Crippen LogP contribution in [0.5, 0.6) is 0 Å². The molecule has 37 heavy (non-hydrogen) atoms. The number of carbonyl (C=O) groups excluding carboxylic acids is 2. The van der Waals surface area contributed by atoms with Gasteiger partial charge in [-0.05, 0) is 74.0 Å². The molecular formula is C29H44FN5O2. The van der Waals surface area contributed by atoms with Crippen molar-refractivity contribution in [2.75, 3.05) is 37.6 Å². The average molecular weight is 514 g/mol. The minimum Gasteiger partial charge on any atom is -0.333 e. The van der Waals surface area contributed by atoms with Gasteiger partial charge in [-0.15, -0.1) is 0 Å². The van der Waals surface area contributed by atoms with Gasteiger partial charge in [0.05, 0.1) is 0 Å². The smallest absolute Gasteiger partial charge is 0.274 e. The fraction of sp³-hybridized carbons (Fsp3) is 0.621. The zero-order valence-corrected chi connectivity index (χ0v) is 23.3. The molecule has 2 aromatic rings. The van der Waals surface area contributed by atoms with E-state index in [1.165, 1.54) is 12.1 Å². The van der Waals surface area contributed by atoms with Gasteiger partial charge in [0.1, 0.15) is 11.5 Å². The highest BCUT2D eigenvalue weighted by molar-refractivity contribution is 5.95. The van der Waals surface area contributed by atoms with Crippen LogP contribution in [0.15, 0.2) is 30.5 Å². The first-order chi connectivity index (χ1) is 17.7. The highest BCUT2D eigenvalue weighted by Gasteiger charge is 2.25. The van der Waals surface area contributed by atoms with Crippen molar-refractivity contribution in [1.82, 2.24) is 19.6 Å². The van der Waals surface area contributed by atoms with E-state index in [0.717, 1.165) is 45.4 Å². The molecule has 0 saturated heterocycles. The number of rotatable bonds is 7. The molecule has 0 saturated carbocycles. The van der Waals surface area contributed by atoms with Gasteiger partial charge in [0, 0.05) is 51.0 Å². The van der Waals surface area contributed by atoms with Crippen LogP contribution in [0.25, 0.3) is 0 Å². The van der Waals surface area contributed by atoms with Crippen LogP contribution in [0.4, 0.5) is 10.1 Å². The Balaban J connectivity index is 1.98. The van der Waals surface area contributed by atoms with Crippen molar-refractivity contribution in [3.63, 3.8) is 0 Å². The van der Waals surface area contributed by atoms with Crippen molar-refractivity contribution in [2.24, 2.45) is 11.8 Å². The fourth-order valence-corrected chi connectivity index (χ4v) is 4.98. The topological polar surface area (TPSA) is 61.7 Å². The normalized spacial score (nSPS) is 16.0. The highest BCUT2D eigenvalue weighted by atomic mass is 19.1. The summed E-state index contributed by atoms with van der Waals surface area (Å²) in [6.45, 7) is 15.3. The molecule has 0 spiro atoms. The van der Waals surface area contributed by atoms with E-state index in [4.69, 9.17) is 0 Å². The van der Waals surface area contributed by atoms with Crippen LogP contribution >= 0.6 is 0 Å². The van der Waals surface area contributed by atoms with E-state index in [1.807, 2.05) is 24.9 Å². The van der Waals surface area contributed by atoms with E-state index >= 15 is 0 Å². The fourth-order valence-electron chi connectivity index (χ4n) is 4.98. The van der Waals surface area contributed by atoms with E-state index in [9.17, 15) is 14.0 Å². The molecule has 0 bridgehead atoms. The highest BCUT2D eigenvalue weighted by Crippen LogP contribution is 2.26. The Morgan fingerprint density at radius 2 is 1.73 bits per heavy atom. The molecule has 1 aromatic carbocycles. The second-order valence-electron chi connectivity index (χ2n) is 11.0. The zero-order chi connectivity index (χ0) is 26.9. The van der Waals surface area contributed by atoms with Crippen molar-refractivity contribution in [3.8, 4) is 0 Å². The SMILES string of the molecule is CCCn1ccc(C(=O)N2CCCN(CC(C)C)CCCN(C(=O)CC(C)C)c3ccc(F)cc3C2)n1. The third kappa shape index (κ3) is 8.38. The molecule has 8 heteroatoms. The van der Waals surface area contributed by atoms with Crippen LogP contribution in [0.2, 0.25) is 0 Å². The second kappa shape index (κ2) is 13.7. The monoisotopic (exact) mass is 513 g/mol. The number of carbonyl (C=O) groups is 2. The first-order valence-electron chi connectivity index (χ1n) is 13.8. The molecule has 0 fully saturated rings. The van der Waals surface area contributed by atoms with Crippen LogP contribution in [0.1, 0.15) is 76.4 Å². The van der Waals surface area contributed by atoms with E-state index in [2.05, 4.69) is 30.8 Å². The summed E-state index contributed by atoms with van der Waals surface area (Å²) in [5, 5.41) is 4.48. The number of hydrogen-bond donors (Lipinski definition) is 0. The molecule has 1 aliphatic heterocycles. The van der Waals surface area contributed by atoms with E-state index in [0.29, 0.717) is 42.4 Å². The van der Waals surface area contributed by atoms with Crippen LogP contribution in [0, 0.1) is 17.7 Å². The average Bonchev–Trinajstić information content (AvgIpc) is 3.28. The van der Waals surface area contributed by atoms with Crippen LogP contribution in [-0.4, -0.2) is 64.1 Å². The van der Waals surface area contributed by atoms with Crippen molar-refractivity contribution in [2.45, 2.75) is 73.4 Å². The maximum Gasteiger partial charge on any atom is 0.274 e. The summed E-state index contributed by atoms with van der Waals surface area (Å²) in [6, 6.07) is 6.32. The molecule has 0 aliphatic carbocycles. The minimum atomic E-state index is -0.371. The largest absolute Gasteiger partial charge is 0.333 e. The predicted octanol–water partition coefficient (Wildman–Crippen LogP) is 5.21. The van der Waals surface area contributed by atoms with Gasteiger partial charge in [-0.3, -0.25) is 14.3 Å². The summed E-state index contributed by atoms with van der Waals surface area (Å²) in [5.41, 5.74) is 1.74. The van der Waals surface area contributed by atoms with Gasteiger partial charge < -0.3 is 14.7 Å². The van der Waals surface area contributed by atoms with E-state index in [1.54, 1.807) is 21.7 Å². The molecule has 204 valence electrons. The summed E-state index contributed by atoms with van der Waals surface area (Å²) in [6.07, 6.45) is 4.83. The van der Waals surface area contributed by atoms with Crippen LogP contribution in [0.3, 0.4) is 0 Å². The van der Waals surface area contributed by atoms with Gasteiger partial charge in [-0.25, -0.2) is 4.39 Å². The number of nitrogens with zero attached hydrogens (tertiary/aromatic N) is 5. The molecule has 7 nitrogen and oxygen atoms in total. The number of amides is 2. The van der Waals surface area contributed by atoms with Crippen molar-refractivity contribution >= 4 is 17.5 Å². The van der Waals surface area contributed by atoms with Crippen LogP contribution in [-0.2, 0) is 17.9 Å². The lowest BCUT2D eigenvalue weighted by molar-refractivity contribution is -0.119. The summed E-state index contributed by atoms with van der Waals surface area (Å²) in [5.74, 6) is 0.232. The maximum absolute atomic E-state index is 14.5. The lowest BCUT2D eigenvalue weighted by atomic mass is 10.1. The number of aromatic nitrogens is 2. The zero-order valence-electron chi connectivity index (χ0n) is 23.3. The molecule has 0 radical (unpaired) electrons. The molecule has 0 atom stereocenters. The van der Waals surface area contributed by atoms with Crippen LogP contribution < -0.4 is 4.90 Å². The van der Waals surface area contributed by atoms with E-state index < -0.39 is 0 Å². The Kier molecular flexibility index (Phi) is 10.7. The quantitative estimate of drug-likeness (QED) is 0.510. The van der Waals surface area contributed by atoms with Gasteiger partial charge in [0.2, 0.25) is 5.91 Å². The lowest BCUT2D eigenvalue weighted by Crippen LogP contribution is -2.40. The standard InChI is InChI=1S/C29H44FN5O2/c1-6-12-34-17-11-26(31-34)29(37)33-15-7-13-32(20-23(4)5)14-8-16-35(28(36)18-22(2)3)27-10-9-25(30)19-24(27)21-33/h9-11,17,19,22-23H,6-8,12-16,18,20-21H2,1-5H3.